The molecule has 0 radical (unpaired) electrons. The standard InChI is InChI=1S/C31H29ClF2N2O3S/c1-17-3-10-22(11-4-17)36(31(38)29-27(32)26-23(33)12-13-24(34)28(26)40-29)16-21-15-20(9-14-25(21)39-2)18-5-7-19(8-6-18)30(35)37/h5-9,12-15,17,22H,3-4,10-11,16H2,1-2H3,(H2,35,37). The fraction of sp³-hybridized carbons (Fsp3) is 0.290. The lowest BCUT2D eigenvalue weighted by Crippen LogP contribution is -2.41. The number of nitrogens with zero attached hydrogens (tertiary/aromatic N) is 1. The van der Waals surface area contributed by atoms with Crippen LogP contribution in [0.3, 0.4) is 0 Å². The van der Waals surface area contributed by atoms with Crippen LogP contribution in [-0.4, -0.2) is 29.9 Å². The van der Waals surface area contributed by atoms with Gasteiger partial charge in [0, 0.05) is 23.7 Å². The second-order valence-corrected chi connectivity index (χ2v) is 11.7. The van der Waals surface area contributed by atoms with Crippen molar-refractivity contribution in [3.63, 3.8) is 0 Å². The maximum Gasteiger partial charge on any atom is 0.266 e. The predicted octanol–water partition coefficient (Wildman–Crippen LogP) is 7.83. The van der Waals surface area contributed by atoms with E-state index in [0.29, 0.717) is 17.2 Å². The topological polar surface area (TPSA) is 72.6 Å². The van der Waals surface area contributed by atoms with Gasteiger partial charge < -0.3 is 15.4 Å². The van der Waals surface area contributed by atoms with E-state index in [1.807, 2.05) is 30.3 Å². The Morgan fingerprint density at radius 1 is 1.00 bits per heavy atom. The molecule has 1 heterocycles. The molecule has 0 atom stereocenters. The quantitative estimate of drug-likeness (QED) is 0.241. The van der Waals surface area contributed by atoms with Crippen molar-refractivity contribution in [3.8, 4) is 16.9 Å². The van der Waals surface area contributed by atoms with E-state index in [1.54, 1.807) is 24.1 Å². The molecule has 4 aromatic rings. The number of thiophene rings is 1. The minimum absolute atomic E-state index is 0.0320. The van der Waals surface area contributed by atoms with E-state index in [4.69, 9.17) is 22.1 Å². The second-order valence-electron chi connectivity index (χ2n) is 10.3. The van der Waals surface area contributed by atoms with E-state index in [0.717, 1.165) is 65.8 Å². The fourth-order valence-corrected chi connectivity index (χ4v) is 6.88. The molecule has 0 spiro atoms. The predicted molar refractivity (Wildman–Crippen MR) is 155 cm³/mol. The van der Waals surface area contributed by atoms with Crippen molar-refractivity contribution in [1.29, 1.82) is 0 Å². The highest BCUT2D eigenvalue weighted by molar-refractivity contribution is 7.21. The fourth-order valence-electron chi connectivity index (χ4n) is 5.38. The third-order valence-electron chi connectivity index (χ3n) is 7.69. The molecule has 0 saturated heterocycles. The number of fused-ring (bicyclic) bond motifs is 1. The number of carbonyl (C=O) groups is 2. The van der Waals surface area contributed by atoms with E-state index in [1.165, 1.54) is 0 Å². The van der Waals surface area contributed by atoms with Crippen molar-refractivity contribution in [3.05, 3.63) is 87.3 Å². The third kappa shape index (κ3) is 5.43. The average molecular weight is 583 g/mol. The van der Waals surface area contributed by atoms with Gasteiger partial charge in [-0.2, -0.15) is 0 Å². The third-order valence-corrected chi connectivity index (χ3v) is 9.36. The second kappa shape index (κ2) is 11.6. The lowest BCUT2D eigenvalue weighted by atomic mass is 9.86. The molecule has 1 fully saturated rings. The van der Waals surface area contributed by atoms with Gasteiger partial charge in [0.25, 0.3) is 5.91 Å². The summed E-state index contributed by atoms with van der Waals surface area (Å²) in [5, 5.41) is -0.127. The Labute approximate surface area is 240 Å². The molecule has 1 aliphatic rings. The van der Waals surface area contributed by atoms with Crippen molar-refractivity contribution >= 4 is 44.8 Å². The number of methoxy groups -OCH3 is 1. The van der Waals surface area contributed by atoms with Gasteiger partial charge in [0.2, 0.25) is 5.91 Å². The monoisotopic (exact) mass is 582 g/mol. The zero-order chi connectivity index (χ0) is 28.6. The van der Waals surface area contributed by atoms with E-state index in [9.17, 15) is 18.4 Å². The van der Waals surface area contributed by atoms with E-state index in [2.05, 4.69) is 6.92 Å². The summed E-state index contributed by atoms with van der Waals surface area (Å²) in [4.78, 5) is 27.5. The van der Waals surface area contributed by atoms with Gasteiger partial charge in [0.1, 0.15) is 22.3 Å². The number of hydrogen-bond acceptors (Lipinski definition) is 4. The van der Waals surface area contributed by atoms with Crippen LogP contribution in [0.2, 0.25) is 5.02 Å². The summed E-state index contributed by atoms with van der Waals surface area (Å²) >= 11 is 7.42. The van der Waals surface area contributed by atoms with Crippen molar-refractivity contribution < 1.29 is 23.1 Å². The highest BCUT2D eigenvalue weighted by Crippen LogP contribution is 2.41. The summed E-state index contributed by atoms with van der Waals surface area (Å²) in [6.07, 6.45) is 3.58. The average Bonchev–Trinajstić information content (AvgIpc) is 3.32. The lowest BCUT2D eigenvalue weighted by molar-refractivity contribution is 0.0597. The van der Waals surface area contributed by atoms with Gasteiger partial charge in [-0.3, -0.25) is 9.59 Å². The van der Waals surface area contributed by atoms with Crippen LogP contribution >= 0.6 is 22.9 Å². The number of nitrogens with two attached hydrogens (primary N) is 1. The summed E-state index contributed by atoms with van der Waals surface area (Å²) in [7, 11) is 1.57. The van der Waals surface area contributed by atoms with Crippen LogP contribution in [-0.2, 0) is 6.54 Å². The minimum atomic E-state index is -0.661. The number of carbonyl (C=O) groups excluding carboxylic acids is 2. The van der Waals surface area contributed by atoms with Crippen molar-refractivity contribution in [2.75, 3.05) is 7.11 Å². The largest absolute Gasteiger partial charge is 0.496 e. The van der Waals surface area contributed by atoms with Crippen molar-refractivity contribution in [2.45, 2.75) is 45.2 Å². The molecule has 208 valence electrons. The highest BCUT2D eigenvalue weighted by Gasteiger charge is 2.32. The summed E-state index contributed by atoms with van der Waals surface area (Å²) < 4.78 is 34.9. The zero-order valence-corrected chi connectivity index (χ0v) is 23.8. The summed E-state index contributed by atoms with van der Waals surface area (Å²) in [6, 6.07) is 14.7. The molecule has 40 heavy (non-hydrogen) atoms. The normalized spacial score (nSPS) is 17.1. The minimum Gasteiger partial charge on any atom is -0.496 e. The van der Waals surface area contributed by atoms with Gasteiger partial charge in [-0.25, -0.2) is 8.78 Å². The zero-order valence-electron chi connectivity index (χ0n) is 22.2. The molecule has 3 aromatic carbocycles. The summed E-state index contributed by atoms with van der Waals surface area (Å²) in [6.45, 7) is 2.43. The van der Waals surface area contributed by atoms with Gasteiger partial charge in [-0.05, 0) is 79.1 Å². The Morgan fingerprint density at radius 3 is 2.27 bits per heavy atom. The van der Waals surface area contributed by atoms with Crippen LogP contribution < -0.4 is 10.5 Å². The van der Waals surface area contributed by atoms with Gasteiger partial charge in [-0.1, -0.05) is 36.7 Å². The number of rotatable bonds is 7. The number of ether oxygens (including phenoxy) is 1. The number of benzene rings is 3. The molecule has 0 aliphatic heterocycles. The van der Waals surface area contributed by atoms with Crippen LogP contribution in [0, 0.1) is 17.6 Å². The van der Waals surface area contributed by atoms with Gasteiger partial charge in [0.05, 0.1) is 22.2 Å². The van der Waals surface area contributed by atoms with E-state index >= 15 is 0 Å². The Kier molecular flexibility index (Phi) is 8.10. The number of halogens is 3. The first-order valence-corrected chi connectivity index (χ1v) is 14.3. The molecule has 5 nitrogen and oxygen atoms in total. The first-order valence-electron chi connectivity index (χ1n) is 13.1. The number of amides is 2. The lowest BCUT2D eigenvalue weighted by Gasteiger charge is -2.36. The first kappa shape index (κ1) is 28.1. The molecule has 1 saturated carbocycles. The van der Waals surface area contributed by atoms with Gasteiger partial charge in [-0.15, -0.1) is 11.3 Å². The van der Waals surface area contributed by atoms with E-state index < -0.39 is 17.5 Å². The SMILES string of the molecule is COc1ccc(-c2ccc(C(N)=O)cc2)cc1CN(C(=O)c1sc2c(F)ccc(F)c2c1Cl)C1CCC(C)CC1. The van der Waals surface area contributed by atoms with Crippen LogP contribution in [0.25, 0.3) is 21.2 Å². The Morgan fingerprint density at radius 2 is 1.65 bits per heavy atom. The highest BCUT2D eigenvalue weighted by atomic mass is 35.5. The molecule has 0 bridgehead atoms. The summed E-state index contributed by atoms with van der Waals surface area (Å²) in [5.41, 5.74) is 8.32. The van der Waals surface area contributed by atoms with E-state index in [-0.39, 0.29) is 38.5 Å². The van der Waals surface area contributed by atoms with Gasteiger partial charge >= 0.3 is 0 Å². The Bertz CT molecular complexity index is 1580. The molecular formula is C31H29ClF2N2O3S. The maximum atomic E-state index is 14.6. The van der Waals surface area contributed by atoms with Crippen molar-refractivity contribution in [1.82, 2.24) is 4.90 Å². The number of primary amides is 1. The molecule has 9 heteroatoms. The first-order chi connectivity index (χ1) is 19.2. The Balaban J connectivity index is 1.55. The van der Waals surface area contributed by atoms with Crippen LogP contribution in [0.15, 0.2) is 54.6 Å². The Hall–Kier alpha value is -3.49. The molecule has 2 N–H and O–H groups in total. The smallest absolute Gasteiger partial charge is 0.266 e. The molecular weight excluding hydrogens is 554 g/mol. The molecule has 1 aliphatic carbocycles. The van der Waals surface area contributed by atoms with Crippen LogP contribution in [0.4, 0.5) is 8.78 Å². The molecule has 1 aromatic heterocycles. The molecule has 0 unspecified atom stereocenters. The number of hydrogen-bond donors (Lipinski definition) is 1. The van der Waals surface area contributed by atoms with Crippen LogP contribution in [0.5, 0.6) is 5.75 Å². The van der Waals surface area contributed by atoms with Crippen molar-refractivity contribution in [2.24, 2.45) is 11.7 Å². The van der Waals surface area contributed by atoms with Gasteiger partial charge in [0.15, 0.2) is 0 Å². The van der Waals surface area contributed by atoms with Crippen LogP contribution in [0.1, 0.15) is 58.2 Å². The maximum absolute atomic E-state index is 14.6. The summed E-state index contributed by atoms with van der Waals surface area (Å²) in [5.74, 6) is -0.964. The molecule has 2 amide bonds. The molecule has 5 rings (SSSR count).